The Hall–Kier alpha value is -1.00. The first-order chi connectivity index (χ1) is 9.99. The van der Waals surface area contributed by atoms with Crippen LogP contribution < -0.4 is 5.01 Å². The number of hydrogen-bond donors (Lipinski definition) is 0. The van der Waals surface area contributed by atoms with Crippen LogP contribution in [-0.2, 0) is 0 Å². The van der Waals surface area contributed by atoms with Crippen LogP contribution in [0.25, 0.3) is 11.2 Å². The van der Waals surface area contributed by atoms with Gasteiger partial charge in [0.15, 0.2) is 5.65 Å². The predicted octanol–water partition coefficient (Wildman–Crippen LogP) is 4.28. The second-order valence-electron chi connectivity index (χ2n) is 5.90. The van der Waals surface area contributed by atoms with E-state index < -0.39 is 0 Å². The number of imidazole rings is 1. The average Bonchev–Trinajstić information content (AvgIpc) is 2.77. The van der Waals surface area contributed by atoms with Gasteiger partial charge in [0.2, 0.25) is 0 Å². The molecule has 0 N–H and O–H groups in total. The maximum atomic E-state index is 6.36. The molecule has 3 unspecified atom stereocenters. The van der Waals surface area contributed by atoms with E-state index in [4.69, 9.17) is 23.2 Å². The molecule has 0 aromatic carbocycles. The minimum Gasteiger partial charge on any atom is -0.304 e. The van der Waals surface area contributed by atoms with Crippen molar-refractivity contribution >= 4 is 34.4 Å². The maximum Gasteiger partial charge on any atom is 0.179 e. The lowest BCUT2D eigenvalue weighted by atomic mass is 10.00. The van der Waals surface area contributed by atoms with Gasteiger partial charge in [-0.25, -0.2) is 14.6 Å². The van der Waals surface area contributed by atoms with Crippen molar-refractivity contribution in [2.24, 2.45) is 0 Å². The zero-order valence-electron chi connectivity index (χ0n) is 12.6. The van der Waals surface area contributed by atoms with E-state index in [1.807, 2.05) is 13.0 Å². The number of hydrogen-bond acceptors (Lipinski definition) is 3. The Morgan fingerprint density at radius 3 is 2.57 bits per heavy atom. The number of piperidine rings is 1. The summed E-state index contributed by atoms with van der Waals surface area (Å²) in [6, 6.07) is 2.73. The molecule has 0 bridgehead atoms. The standard InChI is InChI=1S/C15H20Cl2N4/c1-9-5-4-6-10(2)20(9)21-14(11(3)16)19-13-7-12(17)8-18-15(13)21/h7-11H,4-6H2,1-3H3. The van der Waals surface area contributed by atoms with Crippen LogP contribution in [0.3, 0.4) is 0 Å². The molecule has 3 atom stereocenters. The molecule has 0 aliphatic carbocycles. The molecule has 1 aliphatic heterocycles. The van der Waals surface area contributed by atoms with Gasteiger partial charge < -0.3 is 5.01 Å². The van der Waals surface area contributed by atoms with Crippen LogP contribution in [-0.4, -0.2) is 26.7 Å². The van der Waals surface area contributed by atoms with Crippen molar-refractivity contribution < 1.29 is 0 Å². The SMILES string of the molecule is CC(Cl)c1nc2cc(Cl)cnc2n1N1C(C)CCCC1C. The first-order valence-corrected chi connectivity index (χ1v) is 8.27. The second kappa shape index (κ2) is 5.65. The summed E-state index contributed by atoms with van der Waals surface area (Å²) in [7, 11) is 0. The van der Waals surface area contributed by atoms with Gasteiger partial charge in [-0.3, -0.25) is 0 Å². The molecular weight excluding hydrogens is 307 g/mol. The number of pyridine rings is 1. The second-order valence-corrected chi connectivity index (χ2v) is 6.99. The highest BCUT2D eigenvalue weighted by atomic mass is 35.5. The molecule has 0 spiro atoms. The molecule has 3 rings (SSSR count). The van der Waals surface area contributed by atoms with E-state index in [1.165, 1.54) is 19.3 Å². The van der Waals surface area contributed by atoms with Crippen LogP contribution in [0.5, 0.6) is 0 Å². The first-order valence-electron chi connectivity index (χ1n) is 7.45. The van der Waals surface area contributed by atoms with Gasteiger partial charge in [-0.15, -0.1) is 11.6 Å². The molecule has 0 amide bonds. The summed E-state index contributed by atoms with van der Waals surface area (Å²) in [6.45, 7) is 6.44. The zero-order chi connectivity index (χ0) is 15.1. The Bertz CT molecular complexity index is 642. The summed E-state index contributed by atoms with van der Waals surface area (Å²) in [5, 5.41) is 2.79. The number of nitrogens with zero attached hydrogens (tertiary/aromatic N) is 4. The molecule has 1 aliphatic rings. The Morgan fingerprint density at radius 1 is 1.29 bits per heavy atom. The molecule has 0 saturated carbocycles. The van der Waals surface area contributed by atoms with Gasteiger partial charge in [0.25, 0.3) is 0 Å². The fourth-order valence-corrected chi connectivity index (χ4v) is 3.53. The Labute approximate surface area is 135 Å². The van der Waals surface area contributed by atoms with E-state index in [1.54, 1.807) is 6.20 Å². The Balaban J connectivity index is 2.21. The number of aromatic nitrogens is 3. The normalized spacial score (nSPS) is 24.5. The van der Waals surface area contributed by atoms with Crippen LogP contribution in [0.4, 0.5) is 0 Å². The predicted molar refractivity (Wildman–Crippen MR) is 87.8 cm³/mol. The fourth-order valence-electron chi connectivity index (χ4n) is 3.23. The molecule has 2 aromatic rings. The van der Waals surface area contributed by atoms with E-state index in [9.17, 15) is 0 Å². The monoisotopic (exact) mass is 326 g/mol. The van der Waals surface area contributed by atoms with E-state index in [-0.39, 0.29) is 5.38 Å². The average molecular weight is 327 g/mol. The van der Waals surface area contributed by atoms with Gasteiger partial charge >= 0.3 is 0 Å². The molecule has 4 nitrogen and oxygen atoms in total. The first kappa shape index (κ1) is 14.9. The zero-order valence-corrected chi connectivity index (χ0v) is 14.1. The fraction of sp³-hybridized carbons (Fsp3) is 0.600. The van der Waals surface area contributed by atoms with Crippen molar-refractivity contribution in [3.8, 4) is 0 Å². The number of halogens is 2. The highest BCUT2D eigenvalue weighted by molar-refractivity contribution is 6.31. The third-order valence-corrected chi connectivity index (χ3v) is 4.60. The van der Waals surface area contributed by atoms with Crippen LogP contribution in [0, 0.1) is 0 Å². The molecular formula is C15H20Cl2N4. The van der Waals surface area contributed by atoms with Crippen molar-refractivity contribution in [2.45, 2.75) is 57.5 Å². The summed E-state index contributed by atoms with van der Waals surface area (Å²) < 4.78 is 2.11. The van der Waals surface area contributed by atoms with E-state index in [2.05, 4.69) is 33.5 Å². The van der Waals surface area contributed by atoms with Crippen molar-refractivity contribution in [1.82, 2.24) is 14.6 Å². The maximum absolute atomic E-state index is 6.36. The van der Waals surface area contributed by atoms with Crippen molar-refractivity contribution in [1.29, 1.82) is 0 Å². The van der Waals surface area contributed by atoms with Crippen molar-refractivity contribution in [3.05, 3.63) is 23.1 Å². The summed E-state index contributed by atoms with van der Waals surface area (Å²) in [5.74, 6) is 0.835. The van der Waals surface area contributed by atoms with E-state index in [0.717, 1.165) is 17.0 Å². The Morgan fingerprint density at radius 2 is 1.95 bits per heavy atom. The number of alkyl halides is 1. The van der Waals surface area contributed by atoms with Crippen LogP contribution >= 0.6 is 23.2 Å². The lowest BCUT2D eigenvalue weighted by molar-refractivity contribution is 0.334. The van der Waals surface area contributed by atoms with Gasteiger partial charge in [-0.2, -0.15) is 0 Å². The summed E-state index contributed by atoms with van der Waals surface area (Å²) in [5.41, 5.74) is 1.64. The Kier molecular flexibility index (Phi) is 4.02. The summed E-state index contributed by atoms with van der Waals surface area (Å²) >= 11 is 12.4. The van der Waals surface area contributed by atoms with E-state index in [0.29, 0.717) is 17.1 Å². The van der Waals surface area contributed by atoms with Gasteiger partial charge in [0.05, 0.1) is 10.4 Å². The van der Waals surface area contributed by atoms with Gasteiger partial charge in [-0.1, -0.05) is 11.6 Å². The smallest absolute Gasteiger partial charge is 0.179 e. The third kappa shape index (κ3) is 2.59. The molecule has 114 valence electrons. The van der Waals surface area contributed by atoms with Gasteiger partial charge in [0, 0.05) is 18.3 Å². The molecule has 21 heavy (non-hydrogen) atoms. The lowest BCUT2D eigenvalue weighted by Gasteiger charge is -2.42. The number of fused-ring (bicyclic) bond motifs is 1. The quantitative estimate of drug-likeness (QED) is 0.772. The van der Waals surface area contributed by atoms with E-state index >= 15 is 0 Å². The largest absolute Gasteiger partial charge is 0.304 e. The van der Waals surface area contributed by atoms with Crippen LogP contribution in [0.1, 0.15) is 51.2 Å². The highest BCUT2D eigenvalue weighted by Crippen LogP contribution is 2.30. The topological polar surface area (TPSA) is 34.0 Å². The van der Waals surface area contributed by atoms with Gasteiger partial charge in [-0.05, 0) is 46.1 Å². The number of rotatable bonds is 2. The lowest BCUT2D eigenvalue weighted by Crippen LogP contribution is -2.51. The molecule has 1 saturated heterocycles. The summed E-state index contributed by atoms with van der Waals surface area (Å²) in [4.78, 5) is 9.16. The highest BCUT2D eigenvalue weighted by Gasteiger charge is 2.30. The molecule has 2 aromatic heterocycles. The van der Waals surface area contributed by atoms with Crippen molar-refractivity contribution in [3.63, 3.8) is 0 Å². The van der Waals surface area contributed by atoms with Crippen molar-refractivity contribution in [2.75, 3.05) is 5.01 Å². The molecule has 0 radical (unpaired) electrons. The van der Waals surface area contributed by atoms with Crippen LogP contribution in [0.2, 0.25) is 5.02 Å². The van der Waals surface area contributed by atoms with Gasteiger partial charge in [0.1, 0.15) is 11.3 Å². The molecule has 3 heterocycles. The third-order valence-electron chi connectivity index (χ3n) is 4.20. The summed E-state index contributed by atoms with van der Waals surface area (Å²) in [6.07, 6.45) is 5.28. The molecule has 6 heteroatoms. The minimum atomic E-state index is -0.181. The minimum absolute atomic E-state index is 0.181. The van der Waals surface area contributed by atoms with Crippen LogP contribution in [0.15, 0.2) is 12.3 Å². The molecule has 1 fully saturated rings.